The molecule has 1 saturated heterocycles. The van der Waals surface area contributed by atoms with E-state index in [0.717, 1.165) is 51.9 Å². The predicted octanol–water partition coefficient (Wildman–Crippen LogP) is 2.46. The molecule has 1 rings (SSSR count). The van der Waals surface area contributed by atoms with Crippen LogP contribution in [-0.2, 0) is 9.47 Å². The average molecular weight is 243 g/mol. The molecular formula is C14H29NO2. The molecule has 0 unspecified atom stereocenters. The number of nitrogens with one attached hydrogen (secondary N) is 1. The van der Waals surface area contributed by atoms with Crippen LogP contribution in [0.3, 0.4) is 0 Å². The normalized spacial score (nSPS) is 19.8. The van der Waals surface area contributed by atoms with Crippen molar-refractivity contribution in [1.82, 2.24) is 5.32 Å². The third-order valence-corrected chi connectivity index (χ3v) is 3.59. The molecule has 0 bridgehead atoms. The van der Waals surface area contributed by atoms with Crippen LogP contribution in [0.15, 0.2) is 0 Å². The minimum absolute atomic E-state index is 0.405. The Hall–Kier alpha value is -0.120. The Kier molecular flexibility index (Phi) is 7.09. The summed E-state index contributed by atoms with van der Waals surface area (Å²) in [6, 6.07) is 0. The first kappa shape index (κ1) is 14.9. The van der Waals surface area contributed by atoms with Crippen molar-refractivity contribution in [3.05, 3.63) is 0 Å². The number of ether oxygens (including phenoxy) is 2. The first-order valence-electron chi connectivity index (χ1n) is 7.05. The fourth-order valence-corrected chi connectivity index (χ4v) is 2.38. The Balaban J connectivity index is 2.34. The first-order valence-corrected chi connectivity index (χ1v) is 7.05. The zero-order chi connectivity index (χ0) is 12.6. The van der Waals surface area contributed by atoms with Crippen LogP contribution in [0.1, 0.15) is 40.0 Å². The summed E-state index contributed by atoms with van der Waals surface area (Å²) in [5.74, 6) is 0.721. The van der Waals surface area contributed by atoms with Crippen LogP contribution in [0.2, 0.25) is 0 Å². The molecule has 1 N–H and O–H groups in total. The Morgan fingerprint density at radius 2 is 2.00 bits per heavy atom. The molecule has 0 amide bonds. The Bertz CT molecular complexity index is 189. The summed E-state index contributed by atoms with van der Waals surface area (Å²) < 4.78 is 11.0. The molecule has 17 heavy (non-hydrogen) atoms. The highest BCUT2D eigenvalue weighted by Crippen LogP contribution is 2.33. The smallest absolute Gasteiger partial charge is 0.0471 e. The molecule has 3 heteroatoms. The summed E-state index contributed by atoms with van der Waals surface area (Å²) in [7, 11) is 0. The largest absolute Gasteiger partial charge is 0.382 e. The van der Waals surface area contributed by atoms with E-state index in [2.05, 4.69) is 26.1 Å². The van der Waals surface area contributed by atoms with Gasteiger partial charge in [-0.05, 0) is 44.1 Å². The van der Waals surface area contributed by atoms with Crippen molar-refractivity contribution >= 4 is 0 Å². The molecule has 0 spiro atoms. The van der Waals surface area contributed by atoms with Gasteiger partial charge in [0.25, 0.3) is 0 Å². The van der Waals surface area contributed by atoms with Gasteiger partial charge in [-0.1, -0.05) is 13.8 Å². The second-order valence-corrected chi connectivity index (χ2v) is 5.58. The van der Waals surface area contributed by atoms with Crippen molar-refractivity contribution < 1.29 is 9.47 Å². The van der Waals surface area contributed by atoms with Crippen molar-refractivity contribution in [2.45, 2.75) is 40.0 Å². The van der Waals surface area contributed by atoms with Gasteiger partial charge in [0, 0.05) is 33.0 Å². The van der Waals surface area contributed by atoms with Crippen molar-refractivity contribution in [1.29, 1.82) is 0 Å². The molecule has 0 saturated carbocycles. The molecule has 0 aromatic rings. The fourth-order valence-electron chi connectivity index (χ4n) is 2.38. The maximum Gasteiger partial charge on any atom is 0.0471 e. The minimum Gasteiger partial charge on any atom is -0.382 e. The van der Waals surface area contributed by atoms with Gasteiger partial charge in [0.1, 0.15) is 0 Å². The van der Waals surface area contributed by atoms with Crippen LogP contribution in [0, 0.1) is 11.3 Å². The summed E-state index contributed by atoms with van der Waals surface area (Å²) in [5, 5.41) is 3.61. The van der Waals surface area contributed by atoms with Gasteiger partial charge >= 0.3 is 0 Å². The van der Waals surface area contributed by atoms with Crippen LogP contribution >= 0.6 is 0 Å². The van der Waals surface area contributed by atoms with E-state index in [0.29, 0.717) is 5.41 Å². The second kappa shape index (κ2) is 8.06. The molecule has 0 aromatic heterocycles. The molecular weight excluding hydrogens is 214 g/mol. The molecule has 102 valence electrons. The molecule has 3 nitrogen and oxygen atoms in total. The zero-order valence-electron chi connectivity index (χ0n) is 11.8. The maximum absolute atomic E-state index is 5.52. The molecule has 0 aromatic carbocycles. The highest BCUT2D eigenvalue weighted by molar-refractivity contribution is 4.84. The average Bonchev–Trinajstić information content (AvgIpc) is 2.30. The number of hydrogen-bond acceptors (Lipinski definition) is 3. The van der Waals surface area contributed by atoms with Gasteiger partial charge < -0.3 is 14.8 Å². The van der Waals surface area contributed by atoms with E-state index in [1.54, 1.807) is 0 Å². The lowest BCUT2D eigenvalue weighted by atomic mass is 9.77. The van der Waals surface area contributed by atoms with E-state index in [9.17, 15) is 0 Å². The lowest BCUT2D eigenvalue weighted by Gasteiger charge is -2.37. The van der Waals surface area contributed by atoms with E-state index >= 15 is 0 Å². The summed E-state index contributed by atoms with van der Waals surface area (Å²) >= 11 is 0. The standard InChI is InChI=1S/C14H29NO2/c1-4-16-8-5-14(6-9-17-10-7-14)12-15-11-13(2)3/h13,15H,4-12H2,1-3H3. The van der Waals surface area contributed by atoms with Crippen molar-refractivity contribution in [2.75, 3.05) is 39.5 Å². The van der Waals surface area contributed by atoms with Crippen molar-refractivity contribution in [3.8, 4) is 0 Å². The number of hydrogen-bond donors (Lipinski definition) is 1. The van der Waals surface area contributed by atoms with Gasteiger partial charge in [0.2, 0.25) is 0 Å². The van der Waals surface area contributed by atoms with Crippen LogP contribution in [0.5, 0.6) is 0 Å². The van der Waals surface area contributed by atoms with Crippen molar-refractivity contribution in [2.24, 2.45) is 11.3 Å². The Morgan fingerprint density at radius 3 is 2.59 bits per heavy atom. The van der Waals surface area contributed by atoms with Gasteiger partial charge in [-0.25, -0.2) is 0 Å². The zero-order valence-corrected chi connectivity index (χ0v) is 11.8. The highest BCUT2D eigenvalue weighted by Gasteiger charge is 2.31. The van der Waals surface area contributed by atoms with Gasteiger partial charge in [0.15, 0.2) is 0 Å². The summed E-state index contributed by atoms with van der Waals surface area (Å²) in [6.07, 6.45) is 3.51. The van der Waals surface area contributed by atoms with Crippen LogP contribution < -0.4 is 5.32 Å². The summed E-state index contributed by atoms with van der Waals surface area (Å²) in [6.45, 7) is 12.3. The SMILES string of the molecule is CCOCCC1(CNCC(C)C)CCOCC1. The van der Waals surface area contributed by atoms with Gasteiger partial charge in [0.05, 0.1) is 0 Å². The van der Waals surface area contributed by atoms with Gasteiger partial charge in [-0.3, -0.25) is 0 Å². The minimum atomic E-state index is 0.405. The van der Waals surface area contributed by atoms with Crippen LogP contribution in [0.25, 0.3) is 0 Å². The van der Waals surface area contributed by atoms with Crippen LogP contribution in [-0.4, -0.2) is 39.5 Å². The predicted molar refractivity (Wildman–Crippen MR) is 71.3 cm³/mol. The van der Waals surface area contributed by atoms with Gasteiger partial charge in [-0.15, -0.1) is 0 Å². The molecule has 0 aliphatic carbocycles. The van der Waals surface area contributed by atoms with E-state index in [1.807, 2.05) is 0 Å². The molecule has 0 radical (unpaired) electrons. The second-order valence-electron chi connectivity index (χ2n) is 5.58. The molecule has 1 aliphatic heterocycles. The molecule has 1 aliphatic rings. The van der Waals surface area contributed by atoms with E-state index < -0.39 is 0 Å². The summed E-state index contributed by atoms with van der Waals surface area (Å²) in [4.78, 5) is 0. The fraction of sp³-hybridized carbons (Fsp3) is 1.00. The third kappa shape index (κ3) is 5.84. The van der Waals surface area contributed by atoms with Crippen LogP contribution in [0.4, 0.5) is 0 Å². The van der Waals surface area contributed by atoms with Crippen molar-refractivity contribution in [3.63, 3.8) is 0 Å². The lowest BCUT2D eigenvalue weighted by Crippen LogP contribution is -2.41. The Labute approximate surface area is 106 Å². The third-order valence-electron chi connectivity index (χ3n) is 3.59. The Morgan fingerprint density at radius 1 is 1.29 bits per heavy atom. The molecule has 1 fully saturated rings. The van der Waals surface area contributed by atoms with E-state index in [-0.39, 0.29) is 0 Å². The van der Waals surface area contributed by atoms with Gasteiger partial charge in [-0.2, -0.15) is 0 Å². The summed E-state index contributed by atoms with van der Waals surface area (Å²) in [5.41, 5.74) is 0.405. The highest BCUT2D eigenvalue weighted by atomic mass is 16.5. The van der Waals surface area contributed by atoms with E-state index in [1.165, 1.54) is 12.8 Å². The van der Waals surface area contributed by atoms with E-state index in [4.69, 9.17) is 9.47 Å². The molecule has 0 atom stereocenters. The monoisotopic (exact) mass is 243 g/mol. The maximum atomic E-state index is 5.52. The molecule has 1 heterocycles. The topological polar surface area (TPSA) is 30.5 Å². The number of rotatable bonds is 8. The lowest BCUT2D eigenvalue weighted by molar-refractivity contribution is -0.00524. The quantitative estimate of drug-likeness (QED) is 0.664. The first-order chi connectivity index (χ1) is 8.18.